The highest BCUT2D eigenvalue weighted by Crippen LogP contribution is 2.20. The van der Waals surface area contributed by atoms with E-state index in [0.717, 1.165) is 18.0 Å². The van der Waals surface area contributed by atoms with Crippen LogP contribution in [0, 0.1) is 5.82 Å². The Morgan fingerprint density at radius 2 is 1.72 bits per heavy atom. The Morgan fingerprint density at radius 3 is 2.50 bits per heavy atom. The quantitative estimate of drug-likeness (QED) is 0.874. The van der Waals surface area contributed by atoms with Crippen molar-refractivity contribution in [1.82, 2.24) is 5.43 Å². The Bertz CT molecular complexity index is 530. The van der Waals surface area contributed by atoms with Crippen LogP contribution >= 0.6 is 0 Å². The molecule has 1 aliphatic rings. The Kier molecular flexibility index (Phi) is 2.86. The molecule has 0 spiro atoms. The number of nitrogens with zero attached hydrogens (tertiary/aromatic N) is 2. The van der Waals surface area contributed by atoms with E-state index in [2.05, 4.69) is 22.5 Å². The molecule has 0 aromatic heterocycles. The summed E-state index contributed by atoms with van der Waals surface area (Å²) in [5.41, 5.74) is 5.24. The van der Waals surface area contributed by atoms with E-state index in [4.69, 9.17) is 0 Å². The first-order chi connectivity index (χ1) is 8.83. The Labute approximate surface area is 105 Å². The minimum absolute atomic E-state index is 0.215. The molecule has 0 saturated carbocycles. The number of benzene rings is 2. The number of halogens is 1. The first-order valence-corrected chi connectivity index (χ1v) is 5.89. The summed E-state index contributed by atoms with van der Waals surface area (Å²) in [7, 11) is 0. The maximum absolute atomic E-state index is 13.2. The molecule has 2 aromatic rings. The second kappa shape index (κ2) is 4.66. The van der Waals surface area contributed by atoms with Crippen LogP contribution in [0.1, 0.15) is 0 Å². The summed E-state index contributed by atoms with van der Waals surface area (Å²) in [6, 6.07) is 16.8. The number of hydrazine groups is 1. The zero-order chi connectivity index (χ0) is 12.4. The van der Waals surface area contributed by atoms with E-state index >= 15 is 0 Å². The van der Waals surface area contributed by atoms with Crippen molar-refractivity contribution in [1.29, 1.82) is 0 Å². The minimum atomic E-state index is -0.215. The molecule has 2 aromatic carbocycles. The van der Waals surface area contributed by atoms with Gasteiger partial charge in [-0.3, -0.25) is 5.01 Å². The van der Waals surface area contributed by atoms with Gasteiger partial charge in [-0.15, -0.1) is 0 Å². The maximum atomic E-state index is 13.2. The van der Waals surface area contributed by atoms with E-state index in [-0.39, 0.29) is 5.82 Å². The fraction of sp³-hybridized carbons (Fsp3) is 0.143. The SMILES string of the molecule is Fc1cccc(N2CN(c3ccccc3)CN2)c1. The van der Waals surface area contributed by atoms with Gasteiger partial charge in [0.05, 0.1) is 12.4 Å². The molecule has 1 aliphatic heterocycles. The third-order valence-electron chi connectivity index (χ3n) is 3.01. The number of anilines is 2. The number of rotatable bonds is 2. The lowest BCUT2D eigenvalue weighted by Crippen LogP contribution is -2.30. The molecule has 0 radical (unpaired) electrons. The largest absolute Gasteiger partial charge is 0.338 e. The van der Waals surface area contributed by atoms with E-state index < -0.39 is 0 Å². The van der Waals surface area contributed by atoms with Crippen LogP contribution in [0.3, 0.4) is 0 Å². The molecule has 0 atom stereocenters. The molecule has 0 unspecified atom stereocenters. The lowest BCUT2D eigenvalue weighted by molar-refractivity contribution is 0.626. The molecule has 92 valence electrons. The highest BCUT2D eigenvalue weighted by Gasteiger charge is 2.19. The molecule has 1 fully saturated rings. The van der Waals surface area contributed by atoms with Crippen molar-refractivity contribution in [2.24, 2.45) is 0 Å². The third kappa shape index (κ3) is 2.15. The van der Waals surface area contributed by atoms with Crippen molar-refractivity contribution in [3.8, 4) is 0 Å². The van der Waals surface area contributed by atoms with Crippen LogP contribution in [0.15, 0.2) is 54.6 Å². The van der Waals surface area contributed by atoms with Crippen LogP contribution in [-0.4, -0.2) is 13.3 Å². The fourth-order valence-electron chi connectivity index (χ4n) is 2.07. The van der Waals surface area contributed by atoms with Gasteiger partial charge >= 0.3 is 0 Å². The topological polar surface area (TPSA) is 18.5 Å². The summed E-state index contributed by atoms with van der Waals surface area (Å²) in [4.78, 5) is 2.19. The highest BCUT2D eigenvalue weighted by atomic mass is 19.1. The predicted octanol–water partition coefficient (Wildman–Crippen LogP) is 2.57. The number of nitrogens with one attached hydrogen (secondary N) is 1. The van der Waals surface area contributed by atoms with Gasteiger partial charge < -0.3 is 4.90 Å². The molecule has 1 saturated heterocycles. The summed E-state index contributed by atoms with van der Waals surface area (Å²) < 4.78 is 13.2. The summed E-state index contributed by atoms with van der Waals surface area (Å²) >= 11 is 0. The van der Waals surface area contributed by atoms with Gasteiger partial charge in [0.1, 0.15) is 12.5 Å². The predicted molar refractivity (Wildman–Crippen MR) is 70.7 cm³/mol. The second-order valence-electron chi connectivity index (χ2n) is 4.24. The van der Waals surface area contributed by atoms with Gasteiger partial charge in [0.25, 0.3) is 0 Å². The van der Waals surface area contributed by atoms with Crippen LogP contribution < -0.4 is 15.3 Å². The van der Waals surface area contributed by atoms with Crippen molar-refractivity contribution in [2.75, 3.05) is 23.2 Å². The lowest BCUT2D eigenvalue weighted by Gasteiger charge is -2.19. The van der Waals surface area contributed by atoms with E-state index in [1.54, 1.807) is 6.07 Å². The molecule has 3 nitrogen and oxygen atoms in total. The molecule has 0 aliphatic carbocycles. The Hall–Kier alpha value is -2.07. The first kappa shape index (κ1) is 11.0. The van der Waals surface area contributed by atoms with Crippen molar-refractivity contribution in [3.05, 3.63) is 60.4 Å². The van der Waals surface area contributed by atoms with Gasteiger partial charge in [-0.05, 0) is 30.3 Å². The van der Waals surface area contributed by atoms with Gasteiger partial charge in [-0.25, -0.2) is 9.82 Å². The van der Waals surface area contributed by atoms with Gasteiger partial charge in [-0.2, -0.15) is 0 Å². The molecule has 18 heavy (non-hydrogen) atoms. The monoisotopic (exact) mass is 243 g/mol. The summed E-state index contributed by atoms with van der Waals surface area (Å²) in [6.07, 6.45) is 0. The normalized spacial score (nSPS) is 15.2. The number of hydrogen-bond donors (Lipinski definition) is 1. The minimum Gasteiger partial charge on any atom is -0.338 e. The average molecular weight is 243 g/mol. The van der Waals surface area contributed by atoms with Crippen LogP contribution in [-0.2, 0) is 0 Å². The van der Waals surface area contributed by atoms with Crippen LogP contribution in [0.4, 0.5) is 15.8 Å². The van der Waals surface area contributed by atoms with Gasteiger partial charge in [-0.1, -0.05) is 24.3 Å². The van der Waals surface area contributed by atoms with E-state index in [1.807, 2.05) is 29.3 Å². The Balaban J connectivity index is 1.76. The molecular weight excluding hydrogens is 229 g/mol. The molecule has 0 amide bonds. The van der Waals surface area contributed by atoms with Crippen LogP contribution in [0.25, 0.3) is 0 Å². The van der Waals surface area contributed by atoms with Crippen LogP contribution in [0.2, 0.25) is 0 Å². The van der Waals surface area contributed by atoms with Crippen LogP contribution in [0.5, 0.6) is 0 Å². The molecule has 0 bridgehead atoms. The molecular formula is C14H14FN3. The van der Waals surface area contributed by atoms with Crippen molar-refractivity contribution >= 4 is 11.4 Å². The zero-order valence-electron chi connectivity index (χ0n) is 9.88. The maximum Gasteiger partial charge on any atom is 0.125 e. The lowest BCUT2D eigenvalue weighted by atomic mass is 10.3. The summed E-state index contributed by atoms with van der Waals surface area (Å²) in [5.74, 6) is -0.215. The van der Waals surface area contributed by atoms with E-state index in [0.29, 0.717) is 6.67 Å². The summed E-state index contributed by atoms with van der Waals surface area (Å²) in [6.45, 7) is 1.42. The standard InChI is InChI=1S/C14H14FN3/c15-12-5-4-8-14(9-12)18-11-17(10-16-18)13-6-2-1-3-7-13/h1-9,16H,10-11H2. The van der Waals surface area contributed by atoms with E-state index in [1.165, 1.54) is 12.1 Å². The zero-order valence-corrected chi connectivity index (χ0v) is 9.88. The summed E-state index contributed by atoms with van der Waals surface area (Å²) in [5, 5.41) is 1.94. The van der Waals surface area contributed by atoms with Gasteiger partial charge in [0.15, 0.2) is 0 Å². The molecule has 4 heteroatoms. The number of hydrogen-bond acceptors (Lipinski definition) is 3. The van der Waals surface area contributed by atoms with Crippen molar-refractivity contribution in [3.63, 3.8) is 0 Å². The van der Waals surface area contributed by atoms with E-state index in [9.17, 15) is 4.39 Å². The fourth-order valence-corrected chi connectivity index (χ4v) is 2.07. The van der Waals surface area contributed by atoms with Crippen molar-refractivity contribution in [2.45, 2.75) is 0 Å². The highest BCUT2D eigenvalue weighted by molar-refractivity contribution is 5.53. The van der Waals surface area contributed by atoms with Crippen molar-refractivity contribution < 1.29 is 4.39 Å². The molecule has 1 heterocycles. The van der Waals surface area contributed by atoms with Gasteiger partial charge in [0, 0.05) is 5.69 Å². The second-order valence-corrected chi connectivity index (χ2v) is 4.24. The first-order valence-electron chi connectivity index (χ1n) is 5.89. The third-order valence-corrected chi connectivity index (χ3v) is 3.01. The number of para-hydroxylation sites is 1. The Morgan fingerprint density at radius 1 is 0.944 bits per heavy atom. The average Bonchev–Trinajstić information content (AvgIpc) is 2.89. The smallest absolute Gasteiger partial charge is 0.125 e. The molecule has 3 rings (SSSR count). The van der Waals surface area contributed by atoms with Gasteiger partial charge in [0.2, 0.25) is 0 Å². The molecule has 1 N–H and O–H groups in total.